The Morgan fingerprint density at radius 2 is 1.80 bits per heavy atom. The van der Waals surface area contributed by atoms with Crippen LogP contribution in [0.15, 0.2) is 23.1 Å². The highest BCUT2D eigenvalue weighted by Crippen LogP contribution is 2.26. The van der Waals surface area contributed by atoms with Gasteiger partial charge in [0.2, 0.25) is 10.0 Å². The zero-order valence-corrected chi connectivity index (χ0v) is 15.9. The third-order valence-corrected chi connectivity index (χ3v) is 7.58. The van der Waals surface area contributed by atoms with E-state index < -0.39 is 10.0 Å². The molecule has 6 nitrogen and oxygen atoms in total. The molecular weight excluding hydrogens is 356 g/mol. The lowest BCUT2D eigenvalue weighted by atomic mass is 9.92. The molecule has 25 heavy (non-hydrogen) atoms. The number of sulfonamides is 1. The van der Waals surface area contributed by atoms with E-state index in [1.165, 1.54) is 32.1 Å². The highest BCUT2D eigenvalue weighted by atomic mass is 32.2. The minimum Gasteiger partial charge on any atom is -0.300 e. The van der Waals surface area contributed by atoms with E-state index in [0.717, 1.165) is 37.7 Å². The van der Waals surface area contributed by atoms with Gasteiger partial charge in [-0.2, -0.15) is 8.75 Å². The number of hydrogen-bond acceptors (Lipinski definition) is 6. The molecule has 0 radical (unpaired) electrons. The van der Waals surface area contributed by atoms with Crippen LogP contribution in [-0.2, 0) is 10.0 Å². The van der Waals surface area contributed by atoms with Gasteiger partial charge in [-0.3, -0.25) is 0 Å². The first-order chi connectivity index (χ1) is 12.1. The van der Waals surface area contributed by atoms with E-state index in [2.05, 4.69) is 18.4 Å². The summed E-state index contributed by atoms with van der Waals surface area (Å²) >= 11 is 1.05. The number of fused-ring (bicyclic) bond motifs is 1. The fourth-order valence-electron chi connectivity index (χ4n) is 4.11. The van der Waals surface area contributed by atoms with E-state index >= 15 is 0 Å². The smallest absolute Gasteiger partial charge is 0.243 e. The minimum atomic E-state index is -3.56. The number of nitrogens with one attached hydrogen (secondary N) is 1. The van der Waals surface area contributed by atoms with Gasteiger partial charge in [0.25, 0.3) is 0 Å². The summed E-state index contributed by atoms with van der Waals surface area (Å²) in [6.07, 6.45) is 8.39. The quantitative estimate of drug-likeness (QED) is 0.883. The topological polar surface area (TPSA) is 75.2 Å². The Morgan fingerprint density at radius 3 is 2.56 bits per heavy atom. The number of rotatable bonds is 4. The number of piperidine rings is 1. The SMILES string of the molecule is O=S(=O)(NC1CCN(C2CCCCC2)CC1)c1cccc2nsnc12. The lowest BCUT2D eigenvalue weighted by Gasteiger charge is -2.39. The van der Waals surface area contributed by atoms with Crippen molar-refractivity contribution in [3.8, 4) is 0 Å². The van der Waals surface area contributed by atoms with Gasteiger partial charge >= 0.3 is 0 Å². The van der Waals surface area contributed by atoms with Crippen LogP contribution >= 0.6 is 11.7 Å². The molecule has 4 rings (SSSR count). The summed E-state index contributed by atoms with van der Waals surface area (Å²) in [5.41, 5.74) is 1.11. The standard InChI is InChI=1S/C17H24N4O2S2/c22-25(23,16-8-4-7-15-17(16)19-24-18-15)20-13-9-11-21(12-10-13)14-5-2-1-3-6-14/h4,7-8,13-14,20H,1-3,5-6,9-12H2. The first kappa shape index (κ1) is 17.3. The van der Waals surface area contributed by atoms with Crippen molar-refractivity contribution in [1.29, 1.82) is 0 Å². The van der Waals surface area contributed by atoms with Crippen LogP contribution in [0.1, 0.15) is 44.9 Å². The van der Waals surface area contributed by atoms with E-state index in [4.69, 9.17) is 0 Å². The van der Waals surface area contributed by atoms with Crippen molar-refractivity contribution >= 4 is 32.8 Å². The molecule has 0 spiro atoms. The molecule has 136 valence electrons. The van der Waals surface area contributed by atoms with E-state index in [9.17, 15) is 8.42 Å². The number of nitrogens with zero attached hydrogens (tertiary/aromatic N) is 3. The molecule has 8 heteroatoms. The summed E-state index contributed by atoms with van der Waals surface area (Å²) in [5.74, 6) is 0. The van der Waals surface area contributed by atoms with Crippen molar-refractivity contribution in [1.82, 2.24) is 18.4 Å². The van der Waals surface area contributed by atoms with Gasteiger partial charge < -0.3 is 4.90 Å². The van der Waals surface area contributed by atoms with Gasteiger partial charge in [-0.1, -0.05) is 25.3 Å². The van der Waals surface area contributed by atoms with Crippen molar-refractivity contribution < 1.29 is 8.42 Å². The highest BCUT2D eigenvalue weighted by Gasteiger charge is 2.29. The van der Waals surface area contributed by atoms with Gasteiger partial charge in [-0.15, -0.1) is 0 Å². The third kappa shape index (κ3) is 3.72. The predicted octanol–water partition coefficient (Wildman–Crippen LogP) is 2.77. The predicted molar refractivity (Wildman–Crippen MR) is 99.2 cm³/mol. The summed E-state index contributed by atoms with van der Waals surface area (Å²) in [4.78, 5) is 2.81. The maximum absolute atomic E-state index is 12.8. The molecule has 0 unspecified atom stereocenters. The molecule has 1 saturated carbocycles. The van der Waals surface area contributed by atoms with Crippen LogP contribution < -0.4 is 4.72 Å². The Morgan fingerprint density at radius 1 is 1.04 bits per heavy atom. The molecule has 2 aromatic rings. The summed E-state index contributed by atoms with van der Waals surface area (Å²) < 4.78 is 36.8. The Labute approximate surface area is 153 Å². The fourth-order valence-corrected chi connectivity index (χ4v) is 6.18. The van der Waals surface area contributed by atoms with Gasteiger partial charge in [0.1, 0.15) is 15.9 Å². The van der Waals surface area contributed by atoms with Gasteiger partial charge in [0.05, 0.1) is 11.7 Å². The van der Waals surface area contributed by atoms with Crippen LogP contribution in [0.25, 0.3) is 11.0 Å². The molecule has 1 aromatic heterocycles. The number of benzene rings is 1. The maximum atomic E-state index is 12.8. The zero-order valence-electron chi connectivity index (χ0n) is 14.2. The first-order valence-corrected chi connectivity index (χ1v) is 11.3. The molecule has 1 saturated heterocycles. The van der Waals surface area contributed by atoms with E-state index in [1.807, 2.05) is 0 Å². The fraction of sp³-hybridized carbons (Fsp3) is 0.647. The Bertz CT molecular complexity index is 822. The minimum absolute atomic E-state index is 0.00620. The number of hydrogen-bond donors (Lipinski definition) is 1. The lowest BCUT2D eigenvalue weighted by molar-refractivity contribution is 0.120. The summed E-state index contributed by atoms with van der Waals surface area (Å²) in [7, 11) is -3.56. The second-order valence-corrected chi connectivity index (χ2v) is 9.32. The van der Waals surface area contributed by atoms with E-state index in [-0.39, 0.29) is 10.9 Å². The largest absolute Gasteiger partial charge is 0.300 e. The van der Waals surface area contributed by atoms with Crippen LogP contribution in [-0.4, -0.2) is 47.2 Å². The molecule has 2 aliphatic rings. The number of aromatic nitrogens is 2. The first-order valence-electron chi connectivity index (χ1n) is 9.11. The average Bonchev–Trinajstić information content (AvgIpc) is 3.11. The molecule has 1 aliphatic heterocycles. The summed E-state index contributed by atoms with van der Waals surface area (Å²) in [6.45, 7) is 1.97. The average molecular weight is 381 g/mol. The highest BCUT2D eigenvalue weighted by molar-refractivity contribution is 7.89. The van der Waals surface area contributed by atoms with Crippen molar-refractivity contribution in [3.63, 3.8) is 0 Å². The van der Waals surface area contributed by atoms with Gasteiger partial charge in [0.15, 0.2) is 0 Å². The zero-order chi connectivity index (χ0) is 17.3. The Balaban J connectivity index is 1.41. The van der Waals surface area contributed by atoms with Crippen molar-refractivity contribution in [3.05, 3.63) is 18.2 Å². The molecule has 1 aliphatic carbocycles. The molecule has 2 heterocycles. The van der Waals surface area contributed by atoms with Crippen LogP contribution in [0, 0.1) is 0 Å². The third-order valence-electron chi connectivity index (χ3n) is 5.48. The molecule has 1 N–H and O–H groups in total. The molecule has 0 bridgehead atoms. The van der Waals surface area contributed by atoms with Crippen molar-refractivity contribution in [2.75, 3.05) is 13.1 Å². The molecule has 0 amide bonds. The van der Waals surface area contributed by atoms with Gasteiger partial charge in [0, 0.05) is 12.1 Å². The number of likely N-dealkylation sites (tertiary alicyclic amines) is 1. The molecule has 0 atom stereocenters. The summed E-state index contributed by atoms with van der Waals surface area (Å²) in [6, 6.07) is 5.85. The summed E-state index contributed by atoms with van der Waals surface area (Å²) in [5, 5.41) is 0. The van der Waals surface area contributed by atoms with Gasteiger partial charge in [-0.25, -0.2) is 13.1 Å². The maximum Gasteiger partial charge on any atom is 0.243 e. The van der Waals surface area contributed by atoms with Crippen LogP contribution in [0.5, 0.6) is 0 Å². The van der Waals surface area contributed by atoms with Crippen LogP contribution in [0.3, 0.4) is 0 Å². The molecular formula is C17H24N4O2S2. The second-order valence-electron chi connectivity index (χ2n) is 7.11. The van der Waals surface area contributed by atoms with Crippen molar-refractivity contribution in [2.24, 2.45) is 0 Å². The van der Waals surface area contributed by atoms with Crippen LogP contribution in [0.2, 0.25) is 0 Å². The lowest BCUT2D eigenvalue weighted by Crippen LogP contribution is -2.48. The van der Waals surface area contributed by atoms with E-state index in [0.29, 0.717) is 17.1 Å². The van der Waals surface area contributed by atoms with Crippen LogP contribution in [0.4, 0.5) is 0 Å². The monoisotopic (exact) mass is 380 g/mol. The normalized spacial score (nSPS) is 21.8. The molecule has 1 aromatic carbocycles. The van der Waals surface area contributed by atoms with Crippen molar-refractivity contribution in [2.45, 2.75) is 61.9 Å². The van der Waals surface area contributed by atoms with Gasteiger partial charge in [-0.05, 0) is 50.9 Å². The Hall–Kier alpha value is -1.09. The second kappa shape index (κ2) is 7.26. The van der Waals surface area contributed by atoms with E-state index in [1.54, 1.807) is 18.2 Å². The Kier molecular flexibility index (Phi) is 5.04. The molecule has 2 fully saturated rings.